The molecule has 0 aromatic heterocycles. The van der Waals surface area contributed by atoms with Crippen molar-refractivity contribution in [3.05, 3.63) is 42.0 Å². The summed E-state index contributed by atoms with van der Waals surface area (Å²) in [5, 5.41) is 3.27. The SMILES string of the molecule is CNCCC1CCCCN1CC=Cc1ccccc1. The molecule has 0 radical (unpaired) electrons. The average molecular weight is 258 g/mol. The summed E-state index contributed by atoms with van der Waals surface area (Å²) in [5.74, 6) is 0. The molecule has 1 saturated heterocycles. The maximum absolute atomic E-state index is 3.27. The van der Waals surface area contributed by atoms with E-state index in [1.165, 1.54) is 37.8 Å². The van der Waals surface area contributed by atoms with E-state index in [4.69, 9.17) is 0 Å². The van der Waals surface area contributed by atoms with Gasteiger partial charge in [0.15, 0.2) is 0 Å². The Bertz CT molecular complexity index is 372. The molecule has 1 N–H and O–H groups in total. The molecule has 1 aliphatic heterocycles. The van der Waals surface area contributed by atoms with E-state index in [2.05, 4.69) is 52.7 Å². The smallest absolute Gasteiger partial charge is 0.0169 e. The van der Waals surface area contributed by atoms with Gasteiger partial charge in [0.05, 0.1) is 0 Å². The molecule has 1 aromatic carbocycles. The molecular weight excluding hydrogens is 232 g/mol. The fraction of sp³-hybridized carbons (Fsp3) is 0.529. The molecule has 0 aliphatic carbocycles. The van der Waals surface area contributed by atoms with E-state index < -0.39 is 0 Å². The van der Waals surface area contributed by atoms with E-state index in [-0.39, 0.29) is 0 Å². The van der Waals surface area contributed by atoms with Gasteiger partial charge in [0, 0.05) is 12.6 Å². The van der Waals surface area contributed by atoms with Crippen molar-refractivity contribution in [2.45, 2.75) is 31.7 Å². The molecule has 19 heavy (non-hydrogen) atoms. The summed E-state index contributed by atoms with van der Waals surface area (Å²) in [5.41, 5.74) is 1.30. The van der Waals surface area contributed by atoms with Gasteiger partial charge < -0.3 is 5.32 Å². The van der Waals surface area contributed by atoms with Crippen LogP contribution in [0.15, 0.2) is 36.4 Å². The van der Waals surface area contributed by atoms with Gasteiger partial charge in [0.2, 0.25) is 0 Å². The van der Waals surface area contributed by atoms with Gasteiger partial charge in [-0.1, -0.05) is 48.9 Å². The maximum Gasteiger partial charge on any atom is 0.0169 e. The van der Waals surface area contributed by atoms with Gasteiger partial charge in [-0.3, -0.25) is 4.90 Å². The predicted molar refractivity (Wildman–Crippen MR) is 83.2 cm³/mol. The second kappa shape index (κ2) is 8.13. The van der Waals surface area contributed by atoms with Gasteiger partial charge in [-0.05, 0) is 45.0 Å². The van der Waals surface area contributed by atoms with E-state index in [0.29, 0.717) is 0 Å². The number of hydrogen-bond donors (Lipinski definition) is 1. The summed E-state index contributed by atoms with van der Waals surface area (Å²) in [7, 11) is 2.04. The minimum Gasteiger partial charge on any atom is -0.320 e. The van der Waals surface area contributed by atoms with E-state index in [9.17, 15) is 0 Å². The van der Waals surface area contributed by atoms with Gasteiger partial charge in [-0.2, -0.15) is 0 Å². The van der Waals surface area contributed by atoms with Gasteiger partial charge in [0.25, 0.3) is 0 Å². The standard InChI is InChI=1S/C17H26N2/c1-18-13-12-17-11-5-6-14-19(17)15-7-10-16-8-3-2-4-9-16/h2-4,7-10,17-18H,5-6,11-15H2,1H3. The lowest BCUT2D eigenvalue weighted by molar-refractivity contribution is 0.157. The zero-order valence-corrected chi connectivity index (χ0v) is 12.0. The van der Waals surface area contributed by atoms with Crippen molar-refractivity contribution in [2.24, 2.45) is 0 Å². The first-order chi connectivity index (χ1) is 9.40. The van der Waals surface area contributed by atoms with Crippen molar-refractivity contribution < 1.29 is 0 Å². The quantitative estimate of drug-likeness (QED) is 0.843. The van der Waals surface area contributed by atoms with Crippen molar-refractivity contribution in [3.8, 4) is 0 Å². The lowest BCUT2D eigenvalue weighted by Crippen LogP contribution is -2.40. The van der Waals surface area contributed by atoms with Crippen molar-refractivity contribution in [1.82, 2.24) is 10.2 Å². The molecule has 0 spiro atoms. The monoisotopic (exact) mass is 258 g/mol. The Hall–Kier alpha value is -1.12. The third-order valence-electron chi connectivity index (χ3n) is 3.93. The molecule has 1 aromatic rings. The number of piperidine rings is 1. The zero-order chi connectivity index (χ0) is 13.3. The highest BCUT2D eigenvalue weighted by Gasteiger charge is 2.20. The number of rotatable bonds is 6. The first kappa shape index (κ1) is 14.3. The van der Waals surface area contributed by atoms with Crippen LogP contribution in [0.5, 0.6) is 0 Å². The van der Waals surface area contributed by atoms with E-state index in [0.717, 1.165) is 19.1 Å². The Labute approximate surface area is 117 Å². The lowest BCUT2D eigenvalue weighted by Gasteiger charge is -2.35. The topological polar surface area (TPSA) is 15.3 Å². The summed E-state index contributed by atoms with van der Waals surface area (Å²) in [6.45, 7) is 3.47. The molecule has 1 unspecified atom stereocenters. The Morgan fingerprint density at radius 2 is 2.11 bits per heavy atom. The summed E-state index contributed by atoms with van der Waals surface area (Å²) in [6, 6.07) is 11.3. The molecule has 2 rings (SSSR count). The van der Waals surface area contributed by atoms with Gasteiger partial charge in [0.1, 0.15) is 0 Å². The molecule has 1 fully saturated rings. The number of nitrogens with one attached hydrogen (secondary N) is 1. The second-order valence-corrected chi connectivity index (χ2v) is 5.35. The summed E-state index contributed by atoms with van der Waals surface area (Å²) < 4.78 is 0. The van der Waals surface area contributed by atoms with Crippen LogP contribution in [-0.4, -0.2) is 37.6 Å². The Kier molecular flexibility index (Phi) is 6.12. The van der Waals surface area contributed by atoms with Crippen LogP contribution in [0.2, 0.25) is 0 Å². The van der Waals surface area contributed by atoms with Crippen molar-refractivity contribution in [2.75, 3.05) is 26.7 Å². The highest BCUT2D eigenvalue weighted by atomic mass is 15.2. The summed E-state index contributed by atoms with van der Waals surface area (Å²) >= 11 is 0. The average Bonchev–Trinajstić information content (AvgIpc) is 2.47. The molecular formula is C17H26N2. The summed E-state index contributed by atoms with van der Waals surface area (Å²) in [4.78, 5) is 2.64. The maximum atomic E-state index is 3.27. The van der Waals surface area contributed by atoms with E-state index in [1.807, 2.05) is 7.05 Å². The van der Waals surface area contributed by atoms with Crippen molar-refractivity contribution >= 4 is 6.08 Å². The zero-order valence-electron chi connectivity index (χ0n) is 12.0. The van der Waals surface area contributed by atoms with Crippen LogP contribution in [0, 0.1) is 0 Å². The second-order valence-electron chi connectivity index (χ2n) is 5.35. The number of likely N-dealkylation sites (tertiary alicyclic amines) is 1. The van der Waals surface area contributed by atoms with Crippen molar-refractivity contribution in [3.63, 3.8) is 0 Å². The highest BCUT2D eigenvalue weighted by molar-refractivity contribution is 5.48. The Morgan fingerprint density at radius 3 is 2.89 bits per heavy atom. The van der Waals surface area contributed by atoms with Gasteiger partial charge in [-0.15, -0.1) is 0 Å². The largest absolute Gasteiger partial charge is 0.320 e. The molecule has 0 amide bonds. The number of nitrogens with zero attached hydrogens (tertiary/aromatic N) is 1. The fourth-order valence-corrected chi connectivity index (χ4v) is 2.83. The Balaban J connectivity index is 1.84. The minimum absolute atomic E-state index is 0.765. The number of hydrogen-bond acceptors (Lipinski definition) is 2. The predicted octanol–water partition coefficient (Wildman–Crippen LogP) is 3.16. The van der Waals surface area contributed by atoms with E-state index >= 15 is 0 Å². The molecule has 1 aliphatic rings. The van der Waals surface area contributed by atoms with Crippen LogP contribution in [0.4, 0.5) is 0 Å². The lowest BCUT2D eigenvalue weighted by atomic mass is 9.99. The normalized spacial score (nSPS) is 21.0. The molecule has 104 valence electrons. The molecule has 2 heteroatoms. The summed E-state index contributed by atoms with van der Waals surface area (Å²) in [6.07, 6.45) is 9.94. The molecule has 0 saturated carbocycles. The van der Waals surface area contributed by atoms with Crippen LogP contribution in [0.25, 0.3) is 6.08 Å². The first-order valence-electron chi connectivity index (χ1n) is 7.50. The number of benzene rings is 1. The molecule has 1 heterocycles. The van der Waals surface area contributed by atoms with Crippen LogP contribution in [0.1, 0.15) is 31.2 Å². The Morgan fingerprint density at radius 1 is 1.26 bits per heavy atom. The van der Waals surface area contributed by atoms with Crippen LogP contribution >= 0.6 is 0 Å². The molecule has 1 atom stereocenters. The highest BCUT2D eigenvalue weighted by Crippen LogP contribution is 2.19. The van der Waals surface area contributed by atoms with E-state index in [1.54, 1.807) is 0 Å². The first-order valence-corrected chi connectivity index (χ1v) is 7.50. The van der Waals surface area contributed by atoms with Crippen LogP contribution in [0.3, 0.4) is 0 Å². The third kappa shape index (κ3) is 4.81. The van der Waals surface area contributed by atoms with Gasteiger partial charge >= 0.3 is 0 Å². The van der Waals surface area contributed by atoms with Crippen LogP contribution in [-0.2, 0) is 0 Å². The molecule has 2 nitrogen and oxygen atoms in total. The fourth-order valence-electron chi connectivity index (χ4n) is 2.83. The van der Waals surface area contributed by atoms with Gasteiger partial charge in [-0.25, -0.2) is 0 Å². The minimum atomic E-state index is 0.765. The van der Waals surface area contributed by atoms with Crippen LogP contribution < -0.4 is 5.32 Å². The molecule has 0 bridgehead atoms. The third-order valence-corrected chi connectivity index (χ3v) is 3.93. The van der Waals surface area contributed by atoms with Crippen molar-refractivity contribution in [1.29, 1.82) is 0 Å².